The van der Waals surface area contributed by atoms with E-state index in [4.69, 9.17) is 15.9 Å². The molecule has 0 rings (SSSR count). The van der Waals surface area contributed by atoms with E-state index >= 15 is 0 Å². The predicted octanol–water partition coefficient (Wildman–Crippen LogP) is -0.924. The summed E-state index contributed by atoms with van der Waals surface area (Å²) in [5, 5.41) is 27.2. The van der Waals surface area contributed by atoms with Crippen molar-refractivity contribution in [1.29, 1.82) is 0 Å². The molecule has 1 unspecified atom stereocenters. The summed E-state index contributed by atoms with van der Waals surface area (Å²) in [5.74, 6) is 0.0567. The minimum absolute atomic E-state index is 0.0465. The Morgan fingerprint density at radius 2 is 1.83 bits per heavy atom. The first-order valence-electron chi connectivity index (χ1n) is 4.32. The molecule has 0 heterocycles. The molecule has 0 aromatic heterocycles. The highest BCUT2D eigenvalue weighted by Crippen LogP contribution is 2.11. The van der Waals surface area contributed by atoms with Gasteiger partial charge in [-0.3, -0.25) is 0 Å². The first kappa shape index (κ1) is 11.8. The third-order valence-electron chi connectivity index (χ3n) is 2.10. The maximum atomic E-state index is 9.31. The molecule has 0 radical (unpaired) electrons. The molecule has 5 N–H and O–H groups in total. The number of aliphatic hydroxyl groups is 3. The molecule has 0 aliphatic heterocycles. The molecule has 4 nitrogen and oxygen atoms in total. The second kappa shape index (κ2) is 6.37. The van der Waals surface area contributed by atoms with E-state index in [0.717, 1.165) is 6.42 Å². The lowest BCUT2D eigenvalue weighted by Crippen LogP contribution is -2.35. The molecule has 12 heavy (non-hydrogen) atoms. The van der Waals surface area contributed by atoms with Crippen molar-refractivity contribution in [2.45, 2.75) is 32.0 Å². The molecule has 0 amide bonds. The van der Waals surface area contributed by atoms with E-state index in [-0.39, 0.29) is 19.1 Å². The minimum Gasteiger partial charge on any atom is -0.396 e. The monoisotopic (exact) mass is 177 g/mol. The predicted molar refractivity (Wildman–Crippen MR) is 46.6 cm³/mol. The van der Waals surface area contributed by atoms with Crippen molar-refractivity contribution in [3.05, 3.63) is 0 Å². The summed E-state index contributed by atoms with van der Waals surface area (Å²) in [6.07, 6.45) is -0.478. The normalized spacial score (nSPS) is 18.8. The SMILES string of the molecule is CCC(CO)C[C@H](O)[C@@H](O)CN. The summed E-state index contributed by atoms with van der Waals surface area (Å²) in [6, 6.07) is 0. The maximum Gasteiger partial charge on any atom is 0.0921 e. The number of hydrogen-bond acceptors (Lipinski definition) is 4. The molecular weight excluding hydrogens is 158 g/mol. The minimum atomic E-state index is -0.870. The van der Waals surface area contributed by atoms with Gasteiger partial charge < -0.3 is 21.1 Å². The third kappa shape index (κ3) is 4.01. The van der Waals surface area contributed by atoms with Crippen LogP contribution >= 0.6 is 0 Å². The first-order chi connectivity index (χ1) is 5.65. The van der Waals surface area contributed by atoms with Gasteiger partial charge in [0.1, 0.15) is 0 Å². The summed E-state index contributed by atoms with van der Waals surface area (Å²) in [5.41, 5.74) is 5.16. The summed E-state index contributed by atoms with van der Waals surface area (Å²) in [6.45, 7) is 2.04. The molecule has 0 fully saturated rings. The third-order valence-corrected chi connectivity index (χ3v) is 2.10. The topological polar surface area (TPSA) is 86.7 Å². The Labute approximate surface area is 73.0 Å². The van der Waals surface area contributed by atoms with Crippen LogP contribution < -0.4 is 5.73 Å². The fourth-order valence-corrected chi connectivity index (χ4v) is 1.03. The molecule has 74 valence electrons. The van der Waals surface area contributed by atoms with Gasteiger partial charge in [-0.05, 0) is 12.3 Å². The van der Waals surface area contributed by atoms with Crippen LogP contribution in [0.1, 0.15) is 19.8 Å². The van der Waals surface area contributed by atoms with Crippen molar-refractivity contribution >= 4 is 0 Å². The number of aliphatic hydroxyl groups excluding tert-OH is 3. The average molecular weight is 177 g/mol. The van der Waals surface area contributed by atoms with E-state index in [1.807, 2.05) is 6.92 Å². The van der Waals surface area contributed by atoms with Crippen LogP contribution in [0.3, 0.4) is 0 Å². The van der Waals surface area contributed by atoms with Gasteiger partial charge in [0, 0.05) is 13.2 Å². The van der Waals surface area contributed by atoms with E-state index < -0.39 is 12.2 Å². The van der Waals surface area contributed by atoms with Crippen molar-refractivity contribution in [2.75, 3.05) is 13.2 Å². The highest BCUT2D eigenvalue weighted by Gasteiger charge is 2.18. The zero-order valence-electron chi connectivity index (χ0n) is 7.48. The lowest BCUT2D eigenvalue weighted by atomic mass is 9.97. The van der Waals surface area contributed by atoms with Crippen molar-refractivity contribution in [1.82, 2.24) is 0 Å². The molecule has 0 bridgehead atoms. The summed E-state index contributed by atoms with van der Waals surface area (Å²) in [4.78, 5) is 0. The Morgan fingerprint density at radius 3 is 2.17 bits per heavy atom. The molecule has 0 aromatic rings. The van der Waals surface area contributed by atoms with E-state index in [9.17, 15) is 5.11 Å². The van der Waals surface area contributed by atoms with Crippen molar-refractivity contribution in [2.24, 2.45) is 11.7 Å². The van der Waals surface area contributed by atoms with Crippen LogP contribution in [0.25, 0.3) is 0 Å². The van der Waals surface area contributed by atoms with Crippen LogP contribution in [0.5, 0.6) is 0 Å². The van der Waals surface area contributed by atoms with E-state index in [1.54, 1.807) is 0 Å². The molecule has 0 aromatic carbocycles. The Hall–Kier alpha value is -0.160. The van der Waals surface area contributed by atoms with Crippen LogP contribution in [0.4, 0.5) is 0 Å². The first-order valence-corrected chi connectivity index (χ1v) is 4.32. The lowest BCUT2D eigenvalue weighted by Gasteiger charge is -2.20. The molecule has 0 aliphatic carbocycles. The maximum absolute atomic E-state index is 9.31. The van der Waals surface area contributed by atoms with Crippen molar-refractivity contribution < 1.29 is 15.3 Å². The number of nitrogens with two attached hydrogens (primary N) is 1. The zero-order chi connectivity index (χ0) is 9.56. The van der Waals surface area contributed by atoms with Crippen LogP contribution in [0.15, 0.2) is 0 Å². The van der Waals surface area contributed by atoms with Crippen molar-refractivity contribution in [3.8, 4) is 0 Å². The smallest absolute Gasteiger partial charge is 0.0921 e. The highest BCUT2D eigenvalue weighted by atomic mass is 16.3. The van der Waals surface area contributed by atoms with Crippen LogP contribution in [0, 0.1) is 5.92 Å². The van der Waals surface area contributed by atoms with Crippen molar-refractivity contribution in [3.63, 3.8) is 0 Å². The van der Waals surface area contributed by atoms with E-state index in [2.05, 4.69) is 0 Å². The van der Waals surface area contributed by atoms with E-state index in [1.165, 1.54) is 0 Å². The van der Waals surface area contributed by atoms with Crippen LogP contribution in [-0.2, 0) is 0 Å². The summed E-state index contributed by atoms with van der Waals surface area (Å²) >= 11 is 0. The average Bonchev–Trinajstić information content (AvgIpc) is 2.12. The highest BCUT2D eigenvalue weighted by molar-refractivity contribution is 4.71. The second-order valence-electron chi connectivity index (χ2n) is 3.06. The van der Waals surface area contributed by atoms with Gasteiger partial charge in [0.25, 0.3) is 0 Å². The summed E-state index contributed by atoms with van der Waals surface area (Å²) in [7, 11) is 0. The number of rotatable bonds is 6. The Bertz CT molecular complexity index is 106. The molecule has 0 spiro atoms. The van der Waals surface area contributed by atoms with Gasteiger partial charge in [-0.1, -0.05) is 13.3 Å². The standard InChI is InChI=1S/C8H19NO3/c1-2-6(5-10)3-7(11)8(12)4-9/h6-8,10-12H,2-5,9H2,1H3/t6?,7-,8-/m0/s1. The molecule has 0 aliphatic rings. The molecule has 0 saturated heterocycles. The lowest BCUT2D eigenvalue weighted by molar-refractivity contribution is 0.00424. The summed E-state index contributed by atoms with van der Waals surface area (Å²) < 4.78 is 0. The Morgan fingerprint density at radius 1 is 1.25 bits per heavy atom. The number of hydrogen-bond donors (Lipinski definition) is 4. The molecular formula is C8H19NO3. The molecule has 0 saturated carbocycles. The fraction of sp³-hybridized carbons (Fsp3) is 1.00. The van der Waals surface area contributed by atoms with Gasteiger partial charge in [0.15, 0.2) is 0 Å². The van der Waals surface area contributed by atoms with Gasteiger partial charge in [-0.25, -0.2) is 0 Å². The second-order valence-corrected chi connectivity index (χ2v) is 3.06. The quantitative estimate of drug-likeness (QED) is 0.422. The van der Waals surface area contributed by atoms with Gasteiger partial charge in [0.05, 0.1) is 12.2 Å². The largest absolute Gasteiger partial charge is 0.396 e. The van der Waals surface area contributed by atoms with Crippen LogP contribution in [-0.4, -0.2) is 40.7 Å². The van der Waals surface area contributed by atoms with Gasteiger partial charge in [0.2, 0.25) is 0 Å². The Kier molecular flexibility index (Phi) is 6.28. The van der Waals surface area contributed by atoms with Gasteiger partial charge >= 0.3 is 0 Å². The van der Waals surface area contributed by atoms with Gasteiger partial charge in [-0.2, -0.15) is 0 Å². The molecule has 4 heteroatoms. The van der Waals surface area contributed by atoms with Crippen LogP contribution in [0.2, 0.25) is 0 Å². The zero-order valence-corrected chi connectivity index (χ0v) is 7.48. The van der Waals surface area contributed by atoms with E-state index in [0.29, 0.717) is 6.42 Å². The Balaban J connectivity index is 3.72. The molecule has 3 atom stereocenters. The fourth-order valence-electron chi connectivity index (χ4n) is 1.03. The van der Waals surface area contributed by atoms with Gasteiger partial charge in [-0.15, -0.1) is 0 Å².